The molecule has 0 aliphatic carbocycles. The first kappa shape index (κ1) is 16.7. The Morgan fingerprint density at radius 3 is 2.45 bits per heavy atom. The zero-order valence-corrected chi connectivity index (χ0v) is 12.1. The Labute approximate surface area is 123 Å². The highest BCUT2D eigenvalue weighted by atomic mass is 35.5. The number of carbonyl (C=O) groups is 1. The standard InChI is InChI=1S/C14H17F2NO2.ClH/c1-10-8-11(9-13(18)19)2-3-12(10)17-6-4-14(15,16)5-7-17;/h2-3,8H,4-7,9H2,1H3,(H,18,19);1H. The summed E-state index contributed by atoms with van der Waals surface area (Å²) in [5.74, 6) is -3.42. The van der Waals surface area contributed by atoms with Crippen LogP contribution in [0.4, 0.5) is 14.5 Å². The molecular formula is C14H18ClF2NO2. The van der Waals surface area contributed by atoms with E-state index in [-0.39, 0.29) is 31.7 Å². The fraction of sp³-hybridized carbons (Fsp3) is 0.500. The van der Waals surface area contributed by atoms with Crippen molar-refractivity contribution in [1.29, 1.82) is 0 Å². The van der Waals surface area contributed by atoms with Crippen LogP contribution in [-0.4, -0.2) is 30.1 Å². The van der Waals surface area contributed by atoms with E-state index in [0.29, 0.717) is 13.1 Å². The van der Waals surface area contributed by atoms with Crippen LogP contribution in [0.2, 0.25) is 0 Å². The Kier molecular flexibility index (Phi) is 5.34. The van der Waals surface area contributed by atoms with E-state index in [9.17, 15) is 13.6 Å². The number of piperidine rings is 1. The maximum atomic E-state index is 13.1. The molecule has 1 heterocycles. The minimum absolute atomic E-state index is 0. The number of nitrogens with zero attached hydrogens (tertiary/aromatic N) is 1. The monoisotopic (exact) mass is 305 g/mol. The average Bonchev–Trinajstić information content (AvgIpc) is 2.29. The van der Waals surface area contributed by atoms with E-state index in [1.807, 2.05) is 24.0 Å². The van der Waals surface area contributed by atoms with E-state index < -0.39 is 11.9 Å². The van der Waals surface area contributed by atoms with Gasteiger partial charge in [0.1, 0.15) is 0 Å². The molecule has 0 unspecified atom stereocenters. The number of anilines is 1. The highest BCUT2D eigenvalue weighted by Gasteiger charge is 2.34. The third-order valence-electron chi connectivity index (χ3n) is 3.45. The number of benzene rings is 1. The molecule has 0 radical (unpaired) electrons. The van der Waals surface area contributed by atoms with Gasteiger partial charge in [0.2, 0.25) is 0 Å². The molecular weight excluding hydrogens is 288 g/mol. The molecule has 1 saturated heterocycles. The van der Waals surface area contributed by atoms with Crippen LogP contribution in [-0.2, 0) is 11.2 Å². The summed E-state index contributed by atoms with van der Waals surface area (Å²) < 4.78 is 26.2. The van der Waals surface area contributed by atoms with Crippen LogP contribution in [0.25, 0.3) is 0 Å². The number of aliphatic carboxylic acids is 1. The normalized spacial score (nSPS) is 17.4. The molecule has 1 N–H and O–H groups in total. The van der Waals surface area contributed by atoms with E-state index >= 15 is 0 Å². The maximum Gasteiger partial charge on any atom is 0.307 e. The van der Waals surface area contributed by atoms with Crippen LogP contribution >= 0.6 is 12.4 Å². The maximum absolute atomic E-state index is 13.1. The van der Waals surface area contributed by atoms with Crippen molar-refractivity contribution in [3.8, 4) is 0 Å². The van der Waals surface area contributed by atoms with Gasteiger partial charge >= 0.3 is 5.97 Å². The number of carboxylic acids is 1. The smallest absolute Gasteiger partial charge is 0.307 e. The molecule has 0 bridgehead atoms. The van der Waals surface area contributed by atoms with Crippen molar-refractivity contribution in [2.75, 3.05) is 18.0 Å². The zero-order chi connectivity index (χ0) is 14.0. The van der Waals surface area contributed by atoms with Crippen molar-refractivity contribution in [3.05, 3.63) is 29.3 Å². The average molecular weight is 306 g/mol. The Morgan fingerprint density at radius 1 is 1.35 bits per heavy atom. The Bertz CT molecular complexity index is 484. The summed E-state index contributed by atoms with van der Waals surface area (Å²) in [6.45, 7) is 2.56. The van der Waals surface area contributed by atoms with E-state index in [1.165, 1.54) is 0 Å². The lowest BCUT2D eigenvalue weighted by Crippen LogP contribution is -2.39. The van der Waals surface area contributed by atoms with Gasteiger partial charge in [0.05, 0.1) is 6.42 Å². The van der Waals surface area contributed by atoms with E-state index in [2.05, 4.69) is 0 Å². The number of halogens is 3. The summed E-state index contributed by atoms with van der Waals surface area (Å²) >= 11 is 0. The lowest BCUT2D eigenvalue weighted by atomic mass is 10.0. The Morgan fingerprint density at radius 2 is 1.95 bits per heavy atom. The van der Waals surface area contributed by atoms with Crippen LogP contribution in [0, 0.1) is 6.92 Å². The molecule has 0 aromatic heterocycles. The van der Waals surface area contributed by atoms with E-state index in [0.717, 1.165) is 16.8 Å². The lowest BCUT2D eigenvalue weighted by molar-refractivity contribution is -0.136. The second-order valence-corrected chi connectivity index (χ2v) is 5.03. The van der Waals surface area contributed by atoms with Crippen molar-refractivity contribution in [2.24, 2.45) is 0 Å². The number of hydrogen-bond donors (Lipinski definition) is 1. The summed E-state index contributed by atoms with van der Waals surface area (Å²) in [6.07, 6.45) is -0.258. The molecule has 20 heavy (non-hydrogen) atoms. The van der Waals surface area contributed by atoms with Crippen molar-refractivity contribution in [1.82, 2.24) is 0 Å². The number of carboxylic acid groups (broad SMARTS) is 1. The number of alkyl halides is 2. The molecule has 3 nitrogen and oxygen atoms in total. The molecule has 0 saturated carbocycles. The van der Waals surface area contributed by atoms with Gasteiger partial charge in [0.15, 0.2) is 0 Å². The van der Waals surface area contributed by atoms with Crippen molar-refractivity contribution in [2.45, 2.75) is 32.1 Å². The zero-order valence-electron chi connectivity index (χ0n) is 11.2. The molecule has 2 rings (SSSR count). The minimum Gasteiger partial charge on any atom is -0.481 e. The summed E-state index contributed by atoms with van der Waals surface area (Å²) in [7, 11) is 0. The fourth-order valence-corrected chi connectivity index (χ4v) is 2.43. The van der Waals surface area contributed by atoms with Gasteiger partial charge in [0.25, 0.3) is 5.92 Å². The van der Waals surface area contributed by atoms with Crippen LogP contribution in [0.15, 0.2) is 18.2 Å². The first-order chi connectivity index (χ1) is 8.87. The second kappa shape index (κ2) is 6.39. The largest absolute Gasteiger partial charge is 0.481 e. The lowest BCUT2D eigenvalue weighted by Gasteiger charge is -2.34. The molecule has 6 heteroatoms. The van der Waals surface area contributed by atoms with Crippen molar-refractivity contribution >= 4 is 24.1 Å². The number of hydrogen-bond acceptors (Lipinski definition) is 2. The fourth-order valence-electron chi connectivity index (χ4n) is 2.43. The predicted molar refractivity (Wildman–Crippen MR) is 76.2 cm³/mol. The number of aryl methyl sites for hydroxylation is 1. The van der Waals surface area contributed by atoms with Gasteiger partial charge < -0.3 is 10.0 Å². The molecule has 1 fully saturated rings. The molecule has 112 valence electrons. The molecule has 1 aromatic rings. The van der Waals surface area contributed by atoms with Gasteiger partial charge in [-0.15, -0.1) is 12.4 Å². The van der Waals surface area contributed by atoms with Gasteiger partial charge in [-0.05, 0) is 24.1 Å². The summed E-state index contributed by atoms with van der Waals surface area (Å²) in [6, 6.07) is 5.40. The third-order valence-corrected chi connectivity index (χ3v) is 3.45. The van der Waals surface area contributed by atoms with Crippen molar-refractivity contribution < 1.29 is 18.7 Å². The number of rotatable bonds is 3. The first-order valence-electron chi connectivity index (χ1n) is 6.31. The molecule has 0 amide bonds. The Hall–Kier alpha value is -1.36. The molecule has 1 aliphatic heterocycles. The summed E-state index contributed by atoms with van der Waals surface area (Å²) in [5.41, 5.74) is 2.59. The molecule has 0 atom stereocenters. The topological polar surface area (TPSA) is 40.5 Å². The van der Waals surface area contributed by atoms with Crippen LogP contribution in [0.5, 0.6) is 0 Å². The highest BCUT2D eigenvalue weighted by Crippen LogP contribution is 2.32. The van der Waals surface area contributed by atoms with Gasteiger partial charge in [-0.1, -0.05) is 12.1 Å². The van der Waals surface area contributed by atoms with E-state index in [1.54, 1.807) is 6.07 Å². The quantitative estimate of drug-likeness (QED) is 0.931. The van der Waals surface area contributed by atoms with Crippen LogP contribution < -0.4 is 4.90 Å². The van der Waals surface area contributed by atoms with Gasteiger partial charge in [-0.25, -0.2) is 8.78 Å². The Balaban J connectivity index is 0.00000200. The summed E-state index contributed by atoms with van der Waals surface area (Å²) in [4.78, 5) is 12.6. The SMILES string of the molecule is Cc1cc(CC(=O)O)ccc1N1CCC(F)(F)CC1.Cl. The third kappa shape index (κ3) is 4.07. The van der Waals surface area contributed by atoms with Gasteiger partial charge in [-0.2, -0.15) is 0 Å². The first-order valence-corrected chi connectivity index (χ1v) is 6.31. The van der Waals surface area contributed by atoms with Crippen LogP contribution in [0.1, 0.15) is 24.0 Å². The van der Waals surface area contributed by atoms with E-state index in [4.69, 9.17) is 5.11 Å². The van der Waals surface area contributed by atoms with Gasteiger partial charge in [-0.3, -0.25) is 4.79 Å². The summed E-state index contributed by atoms with van der Waals surface area (Å²) in [5, 5.41) is 8.74. The van der Waals surface area contributed by atoms with Crippen molar-refractivity contribution in [3.63, 3.8) is 0 Å². The van der Waals surface area contributed by atoms with Gasteiger partial charge in [0, 0.05) is 31.6 Å². The minimum atomic E-state index is -2.55. The molecule has 1 aromatic carbocycles. The predicted octanol–water partition coefficient (Wildman–Crippen LogP) is 3.28. The second-order valence-electron chi connectivity index (χ2n) is 5.03. The van der Waals surface area contributed by atoms with Crippen LogP contribution in [0.3, 0.4) is 0 Å². The molecule has 1 aliphatic rings. The highest BCUT2D eigenvalue weighted by molar-refractivity contribution is 5.85. The molecule has 0 spiro atoms.